The van der Waals surface area contributed by atoms with Crippen LogP contribution < -0.4 is 0 Å². The van der Waals surface area contributed by atoms with Gasteiger partial charge in [-0.15, -0.1) is 0 Å². The van der Waals surface area contributed by atoms with Crippen molar-refractivity contribution in [3.05, 3.63) is 70.8 Å². The van der Waals surface area contributed by atoms with Crippen molar-refractivity contribution < 1.29 is 19.1 Å². The first-order valence-electron chi connectivity index (χ1n) is 9.10. The van der Waals surface area contributed by atoms with Crippen molar-refractivity contribution in [2.45, 2.75) is 27.7 Å². The molecule has 2 aromatic carbocycles. The van der Waals surface area contributed by atoms with Gasteiger partial charge >= 0.3 is 11.9 Å². The number of hydrogen-bond acceptors (Lipinski definition) is 6. The molecule has 0 aliphatic carbocycles. The molecule has 0 atom stereocenters. The highest BCUT2D eigenvalue weighted by Crippen LogP contribution is 2.10. The minimum absolute atomic E-state index is 0.343. The van der Waals surface area contributed by atoms with Crippen molar-refractivity contribution in [1.82, 2.24) is 0 Å². The van der Waals surface area contributed by atoms with Crippen LogP contribution in [0.25, 0.3) is 0 Å². The fourth-order valence-corrected chi connectivity index (χ4v) is 2.39. The number of carbonyl (C=O) groups is 2. The quantitative estimate of drug-likeness (QED) is 0.408. The summed E-state index contributed by atoms with van der Waals surface area (Å²) in [6.45, 7) is 7.92. The zero-order valence-corrected chi connectivity index (χ0v) is 16.6. The largest absolute Gasteiger partial charge is 0.462 e. The molecule has 0 aliphatic rings. The molecule has 2 rings (SSSR count). The van der Waals surface area contributed by atoms with Crippen molar-refractivity contribution in [2.75, 3.05) is 13.2 Å². The number of nitrogens with zero attached hydrogens (tertiary/aromatic N) is 2. The fourth-order valence-electron chi connectivity index (χ4n) is 2.39. The smallest absolute Gasteiger partial charge is 0.338 e. The highest BCUT2D eigenvalue weighted by Gasteiger charge is 2.08. The van der Waals surface area contributed by atoms with Gasteiger partial charge in [-0.3, -0.25) is 0 Å². The first kappa shape index (κ1) is 21.0. The van der Waals surface area contributed by atoms with Gasteiger partial charge in [-0.05, 0) is 63.1 Å². The third kappa shape index (κ3) is 5.61. The molecule has 0 N–H and O–H groups in total. The average Bonchev–Trinajstić information content (AvgIpc) is 2.72. The Balaban J connectivity index is 2.10. The average molecular weight is 380 g/mol. The lowest BCUT2D eigenvalue weighted by Crippen LogP contribution is -2.05. The van der Waals surface area contributed by atoms with Gasteiger partial charge in [-0.25, -0.2) is 9.59 Å². The SMILES string of the molecule is CCOC(=O)c1ccc(/C(C)=N/N=C(\C)c2ccc(C(=O)OCC)cc2)cc1. The van der Waals surface area contributed by atoms with Crippen LogP contribution in [0.1, 0.15) is 59.5 Å². The monoisotopic (exact) mass is 380 g/mol. The predicted molar refractivity (Wildman–Crippen MR) is 109 cm³/mol. The van der Waals surface area contributed by atoms with Crippen molar-refractivity contribution in [3.8, 4) is 0 Å². The second-order valence-corrected chi connectivity index (χ2v) is 5.97. The summed E-state index contributed by atoms with van der Waals surface area (Å²) in [5.41, 5.74) is 4.17. The van der Waals surface area contributed by atoms with Gasteiger partial charge in [0.05, 0.1) is 35.8 Å². The second-order valence-electron chi connectivity index (χ2n) is 5.97. The minimum atomic E-state index is -0.344. The third-order valence-electron chi connectivity index (χ3n) is 3.98. The third-order valence-corrected chi connectivity index (χ3v) is 3.98. The van der Waals surface area contributed by atoms with Crippen LogP contribution in [0.15, 0.2) is 58.7 Å². The molecule has 0 heterocycles. The molecule has 0 saturated carbocycles. The van der Waals surface area contributed by atoms with E-state index in [1.807, 2.05) is 38.1 Å². The standard InChI is InChI=1S/C22H24N2O4/c1-5-27-21(25)19-11-7-17(8-12-19)15(3)23-24-16(4)18-9-13-20(14-10-18)22(26)28-6-2/h7-14H,5-6H2,1-4H3/b23-15+,24-16+. The maximum atomic E-state index is 11.7. The van der Waals surface area contributed by atoms with Crippen molar-refractivity contribution in [3.63, 3.8) is 0 Å². The molecule has 0 unspecified atom stereocenters. The van der Waals surface area contributed by atoms with Crippen LogP contribution >= 0.6 is 0 Å². The lowest BCUT2D eigenvalue weighted by Gasteiger charge is -2.04. The van der Waals surface area contributed by atoms with Crippen LogP contribution in [0, 0.1) is 0 Å². The fraction of sp³-hybridized carbons (Fsp3) is 0.273. The van der Waals surface area contributed by atoms with Crippen molar-refractivity contribution in [2.24, 2.45) is 10.2 Å². The zero-order chi connectivity index (χ0) is 20.5. The van der Waals surface area contributed by atoms with Gasteiger partial charge in [0, 0.05) is 0 Å². The van der Waals surface area contributed by atoms with E-state index in [1.54, 1.807) is 38.1 Å². The van der Waals surface area contributed by atoms with E-state index >= 15 is 0 Å². The Morgan fingerprint density at radius 3 is 1.21 bits per heavy atom. The Labute approximate surface area is 164 Å². The molecule has 0 radical (unpaired) electrons. The summed E-state index contributed by atoms with van der Waals surface area (Å²) in [5, 5.41) is 8.53. The number of benzene rings is 2. The lowest BCUT2D eigenvalue weighted by atomic mass is 10.1. The van der Waals surface area contributed by atoms with Crippen LogP contribution in [0.2, 0.25) is 0 Å². The summed E-state index contributed by atoms with van der Waals surface area (Å²) in [5.74, 6) is -0.687. The van der Waals surface area contributed by atoms with Crippen LogP contribution in [-0.4, -0.2) is 36.6 Å². The van der Waals surface area contributed by atoms with Gasteiger partial charge in [0.2, 0.25) is 0 Å². The first-order valence-corrected chi connectivity index (χ1v) is 9.10. The van der Waals surface area contributed by atoms with E-state index in [0.717, 1.165) is 22.6 Å². The molecule has 28 heavy (non-hydrogen) atoms. The number of carbonyl (C=O) groups excluding carboxylic acids is 2. The maximum absolute atomic E-state index is 11.7. The van der Waals surface area contributed by atoms with Gasteiger partial charge in [0.1, 0.15) is 0 Å². The Kier molecular flexibility index (Phi) is 7.63. The maximum Gasteiger partial charge on any atom is 0.338 e. The molecule has 0 saturated heterocycles. The Morgan fingerprint density at radius 2 is 0.929 bits per heavy atom. The molecule has 0 fully saturated rings. The summed E-state index contributed by atoms with van der Waals surface area (Å²) in [6.07, 6.45) is 0. The molecule has 0 bridgehead atoms. The summed E-state index contributed by atoms with van der Waals surface area (Å²) >= 11 is 0. The number of hydrogen-bond donors (Lipinski definition) is 0. The highest BCUT2D eigenvalue weighted by molar-refractivity contribution is 6.02. The second kappa shape index (κ2) is 10.2. The van der Waals surface area contributed by atoms with E-state index < -0.39 is 0 Å². The number of ether oxygens (including phenoxy) is 2. The van der Waals surface area contributed by atoms with Gasteiger partial charge in [0.25, 0.3) is 0 Å². The molecule has 6 heteroatoms. The van der Waals surface area contributed by atoms with E-state index in [4.69, 9.17) is 9.47 Å². The van der Waals surface area contributed by atoms with Gasteiger partial charge in [0.15, 0.2) is 0 Å². The molecule has 146 valence electrons. The van der Waals surface area contributed by atoms with Crippen LogP contribution in [-0.2, 0) is 9.47 Å². The number of rotatable bonds is 7. The Bertz CT molecular complexity index is 806. The van der Waals surface area contributed by atoms with E-state index in [-0.39, 0.29) is 11.9 Å². The molecular weight excluding hydrogens is 356 g/mol. The predicted octanol–water partition coefficient (Wildman–Crippen LogP) is 4.27. The topological polar surface area (TPSA) is 77.3 Å². The zero-order valence-electron chi connectivity index (χ0n) is 16.6. The van der Waals surface area contributed by atoms with E-state index in [2.05, 4.69) is 10.2 Å². The molecule has 0 amide bonds. The van der Waals surface area contributed by atoms with Crippen LogP contribution in [0.4, 0.5) is 0 Å². The minimum Gasteiger partial charge on any atom is -0.462 e. The molecular formula is C22H24N2O4. The van der Waals surface area contributed by atoms with E-state index in [9.17, 15) is 9.59 Å². The van der Waals surface area contributed by atoms with E-state index in [1.165, 1.54) is 0 Å². The van der Waals surface area contributed by atoms with Gasteiger partial charge in [-0.1, -0.05) is 24.3 Å². The molecule has 0 aliphatic heterocycles. The Hall–Kier alpha value is -3.28. The molecule has 0 spiro atoms. The van der Waals surface area contributed by atoms with Crippen molar-refractivity contribution >= 4 is 23.4 Å². The summed E-state index contributed by atoms with van der Waals surface area (Å²) in [7, 11) is 0. The van der Waals surface area contributed by atoms with E-state index in [0.29, 0.717) is 24.3 Å². The molecule has 0 aromatic heterocycles. The summed E-state index contributed by atoms with van der Waals surface area (Å²) < 4.78 is 9.95. The summed E-state index contributed by atoms with van der Waals surface area (Å²) in [6, 6.07) is 14.1. The van der Waals surface area contributed by atoms with Gasteiger partial charge < -0.3 is 9.47 Å². The Morgan fingerprint density at radius 1 is 0.643 bits per heavy atom. The number of esters is 2. The normalized spacial score (nSPS) is 11.9. The van der Waals surface area contributed by atoms with Crippen LogP contribution in [0.5, 0.6) is 0 Å². The van der Waals surface area contributed by atoms with Crippen LogP contribution in [0.3, 0.4) is 0 Å². The molecule has 6 nitrogen and oxygen atoms in total. The summed E-state index contributed by atoms with van der Waals surface area (Å²) in [4.78, 5) is 23.4. The lowest BCUT2D eigenvalue weighted by molar-refractivity contribution is 0.0516. The highest BCUT2D eigenvalue weighted by atomic mass is 16.5. The first-order chi connectivity index (χ1) is 13.5. The molecule has 2 aromatic rings. The van der Waals surface area contributed by atoms with Crippen molar-refractivity contribution in [1.29, 1.82) is 0 Å². The van der Waals surface area contributed by atoms with Gasteiger partial charge in [-0.2, -0.15) is 10.2 Å².